The maximum absolute atomic E-state index is 13.1. The maximum Gasteiger partial charge on any atom is 0.343 e. The molecule has 5 aromatic carbocycles. The van der Waals surface area contributed by atoms with Crippen LogP contribution in [0, 0.1) is 0 Å². The van der Waals surface area contributed by atoms with Crippen LogP contribution in [0.25, 0.3) is 22.3 Å². The van der Waals surface area contributed by atoms with E-state index < -0.39 is 5.97 Å². The van der Waals surface area contributed by atoms with Gasteiger partial charge in [-0.05, 0) is 82.9 Å². The van der Waals surface area contributed by atoms with Crippen molar-refractivity contribution in [2.24, 2.45) is 0 Å². The highest BCUT2D eigenvalue weighted by Gasteiger charge is 2.16. The molecule has 5 aromatic rings. The number of anilines is 1. The second-order valence-electron chi connectivity index (χ2n) is 9.00. The highest BCUT2D eigenvalue weighted by atomic mass is 16.5. The van der Waals surface area contributed by atoms with Crippen LogP contribution in [-0.4, -0.2) is 29.1 Å². The van der Waals surface area contributed by atoms with Crippen molar-refractivity contribution in [3.05, 3.63) is 132 Å². The van der Waals surface area contributed by atoms with Gasteiger partial charge in [0.2, 0.25) is 0 Å². The summed E-state index contributed by atoms with van der Waals surface area (Å²) in [6, 6.07) is 34.7. The third kappa shape index (κ3) is 5.81. The van der Waals surface area contributed by atoms with Gasteiger partial charge >= 0.3 is 5.97 Å². The molecule has 0 spiro atoms. The first-order valence-electron chi connectivity index (χ1n) is 12.3. The van der Waals surface area contributed by atoms with Crippen molar-refractivity contribution in [2.75, 3.05) is 11.9 Å². The van der Waals surface area contributed by atoms with Crippen LogP contribution in [0.5, 0.6) is 17.2 Å². The number of amides is 1. The molecule has 0 aliphatic heterocycles. The molecule has 0 saturated heterocycles. The fourth-order valence-corrected chi connectivity index (χ4v) is 4.14. The number of esters is 1. The normalized spacial score (nSPS) is 10.6. The van der Waals surface area contributed by atoms with Crippen molar-refractivity contribution in [2.45, 2.75) is 0 Å². The number of carbonyl (C=O) groups excluding carboxylic acids is 2. The molecule has 2 N–H and O–H groups in total. The first-order valence-corrected chi connectivity index (χ1v) is 12.3. The minimum Gasteiger partial charge on any atom is -0.508 e. The number of hydrogen-bond acceptors (Lipinski definition) is 5. The molecule has 0 radical (unpaired) electrons. The maximum atomic E-state index is 13.1. The van der Waals surface area contributed by atoms with Crippen LogP contribution in [0.15, 0.2) is 121 Å². The molecular weight excluding hydrogens is 490 g/mol. The van der Waals surface area contributed by atoms with Crippen LogP contribution in [0.1, 0.15) is 20.7 Å². The number of carbonyl (C=O) groups is 2. The zero-order valence-corrected chi connectivity index (χ0v) is 21.1. The van der Waals surface area contributed by atoms with Gasteiger partial charge in [-0.3, -0.25) is 4.79 Å². The van der Waals surface area contributed by atoms with E-state index in [9.17, 15) is 19.8 Å². The van der Waals surface area contributed by atoms with Gasteiger partial charge in [0.25, 0.3) is 5.91 Å². The van der Waals surface area contributed by atoms with E-state index in [4.69, 9.17) is 4.74 Å². The van der Waals surface area contributed by atoms with Crippen LogP contribution in [0.3, 0.4) is 0 Å². The van der Waals surface area contributed by atoms with Crippen molar-refractivity contribution in [3.8, 4) is 39.5 Å². The number of aromatic hydroxyl groups is 2. The highest BCUT2D eigenvalue weighted by molar-refractivity contribution is 6.06. The molecule has 0 heterocycles. The molecule has 0 atom stereocenters. The molecular formula is C33H25NO5. The molecule has 0 saturated carbocycles. The van der Waals surface area contributed by atoms with Gasteiger partial charge < -0.3 is 19.8 Å². The van der Waals surface area contributed by atoms with E-state index in [1.165, 1.54) is 4.90 Å². The molecule has 0 bridgehead atoms. The molecule has 6 heteroatoms. The standard InChI is InChI=1S/C33H25NO5/c1-34(32(37)26-9-5-22(6-10-26)24-13-17-29(35)18-14-24)28-3-2-4-31(21-28)39-33(38)27-11-7-23(8-12-27)25-15-19-30(36)20-16-25/h2-21,35-36H,1H3. The number of ether oxygens (including phenoxy) is 1. The Morgan fingerprint density at radius 2 is 1.03 bits per heavy atom. The molecule has 0 unspecified atom stereocenters. The number of phenolic OH excluding ortho intramolecular Hbond substituents is 2. The zero-order valence-electron chi connectivity index (χ0n) is 21.1. The Morgan fingerprint density at radius 3 is 1.51 bits per heavy atom. The molecule has 0 aliphatic rings. The zero-order chi connectivity index (χ0) is 27.4. The van der Waals surface area contributed by atoms with E-state index in [-0.39, 0.29) is 17.4 Å². The first kappa shape index (κ1) is 25.3. The Morgan fingerprint density at radius 1 is 0.590 bits per heavy atom. The number of nitrogens with zero attached hydrogens (tertiary/aromatic N) is 1. The van der Waals surface area contributed by atoms with E-state index in [0.29, 0.717) is 22.6 Å². The van der Waals surface area contributed by atoms with E-state index in [2.05, 4.69) is 0 Å². The van der Waals surface area contributed by atoms with Gasteiger partial charge in [-0.15, -0.1) is 0 Å². The number of phenols is 2. The Labute approximate surface area is 226 Å². The van der Waals surface area contributed by atoms with E-state index >= 15 is 0 Å². The molecule has 0 aromatic heterocycles. The summed E-state index contributed by atoms with van der Waals surface area (Å²) in [6.07, 6.45) is 0. The number of rotatable bonds is 6. The summed E-state index contributed by atoms with van der Waals surface area (Å²) in [5.74, 6) is -0.00755. The lowest BCUT2D eigenvalue weighted by Crippen LogP contribution is -2.26. The van der Waals surface area contributed by atoms with Crippen molar-refractivity contribution < 1.29 is 24.5 Å². The Balaban J connectivity index is 1.26. The van der Waals surface area contributed by atoms with Crippen LogP contribution < -0.4 is 9.64 Å². The largest absolute Gasteiger partial charge is 0.508 e. The Kier molecular flexibility index (Phi) is 7.10. The molecule has 1 amide bonds. The molecule has 6 nitrogen and oxygen atoms in total. The summed E-state index contributed by atoms with van der Waals surface area (Å²) >= 11 is 0. The number of benzene rings is 5. The van der Waals surface area contributed by atoms with Crippen LogP contribution in [-0.2, 0) is 0 Å². The average Bonchev–Trinajstić information content (AvgIpc) is 2.97. The van der Waals surface area contributed by atoms with E-state index in [0.717, 1.165) is 22.3 Å². The van der Waals surface area contributed by atoms with Gasteiger partial charge in [0.1, 0.15) is 17.2 Å². The minimum atomic E-state index is -0.511. The van der Waals surface area contributed by atoms with Gasteiger partial charge in [0.05, 0.1) is 5.56 Å². The fourth-order valence-electron chi connectivity index (χ4n) is 4.14. The van der Waals surface area contributed by atoms with Gasteiger partial charge in [-0.2, -0.15) is 0 Å². The topological polar surface area (TPSA) is 87.1 Å². The van der Waals surface area contributed by atoms with E-state index in [1.807, 2.05) is 36.4 Å². The third-order valence-corrected chi connectivity index (χ3v) is 6.37. The first-order chi connectivity index (χ1) is 18.9. The lowest BCUT2D eigenvalue weighted by molar-refractivity contribution is 0.0735. The molecule has 0 aliphatic carbocycles. The SMILES string of the molecule is CN(C(=O)c1ccc(-c2ccc(O)cc2)cc1)c1cccc(OC(=O)c2ccc(-c3ccc(O)cc3)cc2)c1. The summed E-state index contributed by atoms with van der Waals surface area (Å²) < 4.78 is 5.58. The fraction of sp³-hybridized carbons (Fsp3) is 0.0303. The Bertz CT molecular complexity index is 1610. The monoisotopic (exact) mass is 515 g/mol. The summed E-state index contributed by atoms with van der Waals surface area (Å²) in [7, 11) is 1.67. The van der Waals surface area contributed by atoms with Gasteiger partial charge in [-0.25, -0.2) is 4.79 Å². The molecule has 0 fully saturated rings. The van der Waals surface area contributed by atoms with Crippen molar-refractivity contribution in [3.63, 3.8) is 0 Å². The third-order valence-electron chi connectivity index (χ3n) is 6.37. The van der Waals surface area contributed by atoms with Crippen LogP contribution in [0.2, 0.25) is 0 Å². The average molecular weight is 516 g/mol. The summed E-state index contributed by atoms with van der Waals surface area (Å²) in [5, 5.41) is 19.0. The quantitative estimate of drug-likeness (QED) is 0.189. The summed E-state index contributed by atoms with van der Waals surface area (Å²) in [6.45, 7) is 0. The molecule has 5 rings (SSSR count). The van der Waals surface area contributed by atoms with Crippen molar-refractivity contribution in [1.29, 1.82) is 0 Å². The highest BCUT2D eigenvalue weighted by Crippen LogP contribution is 2.26. The second-order valence-corrected chi connectivity index (χ2v) is 9.00. The Hall–Kier alpha value is -5.36. The summed E-state index contributed by atoms with van der Waals surface area (Å²) in [4.78, 5) is 27.4. The molecule has 39 heavy (non-hydrogen) atoms. The van der Waals surface area contributed by atoms with Crippen LogP contribution >= 0.6 is 0 Å². The van der Waals surface area contributed by atoms with Crippen molar-refractivity contribution >= 4 is 17.6 Å². The predicted molar refractivity (Wildman–Crippen MR) is 151 cm³/mol. The molecule has 192 valence electrons. The van der Waals surface area contributed by atoms with Crippen molar-refractivity contribution in [1.82, 2.24) is 0 Å². The second kappa shape index (κ2) is 10.9. The predicted octanol–water partition coefficient (Wildman–Crippen LogP) is 6.93. The van der Waals surface area contributed by atoms with E-state index in [1.54, 1.807) is 92.0 Å². The van der Waals surface area contributed by atoms with Gasteiger partial charge in [0, 0.05) is 24.4 Å². The lowest BCUT2D eigenvalue weighted by atomic mass is 10.0. The number of hydrogen-bond donors (Lipinski definition) is 2. The summed E-state index contributed by atoms with van der Waals surface area (Å²) in [5.41, 5.74) is 5.17. The smallest absolute Gasteiger partial charge is 0.343 e. The minimum absolute atomic E-state index is 0.192. The van der Waals surface area contributed by atoms with Crippen LogP contribution in [0.4, 0.5) is 5.69 Å². The lowest BCUT2D eigenvalue weighted by Gasteiger charge is -2.18. The van der Waals surface area contributed by atoms with Gasteiger partial charge in [0.15, 0.2) is 0 Å². The van der Waals surface area contributed by atoms with Gasteiger partial charge in [-0.1, -0.05) is 54.6 Å².